The van der Waals surface area contributed by atoms with Gasteiger partial charge in [-0.25, -0.2) is 0 Å². The molecule has 1 atom stereocenters. The first-order valence-electron chi connectivity index (χ1n) is 5.96. The standard InChI is InChI=1S/C14H21NO2/c1-11-4-6-13(7-5-11)8-9-14(17)15(3)12(2)10-16/h4-7,12,16H,8-10H2,1-3H3. The van der Waals surface area contributed by atoms with Crippen LogP contribution in [0.1, 0.15) is 24.5 Å². The average Bonchev–Trinajstić information content (AvgIpc) is 2.35. The molecule has 0 aromatic heterocycles. The van der Waals surface area contributed by atoms with Crippen molar-refractivity contribution in [2.75, 3.05) is 13.7 Å². The topological polar surface area (TPSA) is 40.5 Å². The van der Waals surface area contributed by atoms with Gasteiger partial charge in [-0.1, -0.05) is 29.8 Å². The Balaban J connectivity index is 2.45. The normalized spacial score (nSPS) is 12.2. The third-order valence-electron chi connectivity index (χ3n) is 3.07. The minimum absolute atomic E-state index is 0.00672. The number of aliphatic hydroxyl groups excluding tert-OH is 1. The molecular weight excluding hydrogens is 214 g/mol. The van der Waals surface area contributed by atoms with Crippen molar-refractivity contribution in [3.8, 4) is 0 Å². The highest BCUT2D eigenvalue weighted by Gasteiger charge is 2.14. The lowest BCUT2D eigenvalue weighted by Crippen LogP contribution is -2.37. The predicted octanol–water partition coefficient (Wildman–Crippen LogP) is 1.77. The molecule has 17 heavy (non-hydrogen) atoms. The Morgan fingerprint density at radius 2 is 1.94 bits per heavy atom. The van der Waals surface area contributed by atoms with Crippen molar-refractivity contribution in [3.05, 3.63) is 35.4 Å². The summed E-state index contributed by atoms with van der Waals surface area (Å²) < 4.78 is 0. The van der Waals surface area contributed by atoms with Crippen molar-refractivity contribution in [1.82, 2.24) is 4.90 Å². The zero-order valence-electron chi connectivity index (χ0n) is 10.8. The van der Waals surface area contributed by atoms with E-state index in [9.17, 15) is 4.79 Å². The van der Waals surface area contributed by atoms with E-state index in [1.807, 2.05) is 13.8 Å². The second-order valence-corrected chi connectivity index (χ2v) is 4.52. The number of rotatable bonds is 5. The van der Waals surface area contributed by atoms with Crippen LogP contribution >= 0.6 is 0 Å². The maximum absolute atomic E-state index is 11.8. The molecule has 0 fully saturated rings. The smallest absolute Gasteiger partial charge is 0.222 e. The quantitative estimate of drug-likeness (QED) is 0.845. The van der Waals surface area contributed by atoms with E-state index in [1.165, 1.54) is 11.1 Å². The fourth-order valence-corrected chi connectivity index (χ4v) is 1.55. The highest BCUT2D eigenvalue weighted by Crippen LogP contribution is 2.07. The van der Waals surface area contributed by atoms with Crippen LogP contribution in [0.5, 0.6) is 0 Å². The Bertz CT molecular complexity index is 359. The summed E-state index contributed by atoms with van der Waals surface area (Å²) in [5.74, 6) is 0.0760. The van der Waals surface area contributed by atoms with Crippen molar-refractivity contribution < 1.29 is 9.90 Å². The summed E-state index contributed by atoms with van der Waals surface area (Å²) in [7, 11) is 1.73. The van der Waals surface area contributed by atoms with E-state index in [0.717, 1.165) is 6.42 Å². The largest absolute Gasteiger partial charge is 0.394 e. The number of nitrogens with zero attached hydrogens (tertiary/aromatic N) is 1. The minimum Gasteiger partial charge on any atom is -0.394 e. The van der Waals surface area contributed by atoms with E-state index < -0.39 is 0 Å². The minimum atomic E-state index is -0.111. The molecule has 94 valence electrons. The fraction of sp³-hybridized carbons (Fsp3) is 0.500. The van der Waals surface area contributed by atoms with E-state index in [2.05, 4.69) is 24.3 Å². The van der Waals surface area contributed by atoms with Crippen LogP contribution in [0.2, 0.25) is 0 Å². The van der Waals surface area contributed by atoms with Crippen LogP contribution in [0.3, 0.4) is 0 Å². The Morgan fingerprint density at radius 3 is 2.47 bits per heavy atom. The maximum Gasteiger partial charge on any atom is 0.222 e. The number of benzene rings is 1. The van der Waals surface area contributed by atoms with Gasteiger partial charge < -0.3 is 10.0 Å². The first-order chi connectivity index (χ1) is 8.04. The molecule has 0 bridgehead atoms. The van der Waals surface area contributed by atoms with Gasteiger partial charge in [0.15, 0.2) is 0 Å². The lowest BCUT2D eigenvalue weighted by molar-refractivity contribution is -0.132. The molecule has 0 aliphatic heterocycles. The summed E-state index contributed by atoms with van der Waals surface area (Å²) >= 11 is 0. The van der Waals surface area contributed by atoms with Crippen LogP contribution in [0.25, 0.3) is 0 Å². The molecule has 0 aliphatic rings. The number of likely N-dealkylation sites (N-methyl/N-ethyl adjacent to an activating group) is 1. The van der Waals surface area contributed by atoms with Gasteiger partial charge in [0.05, 0.1) is 12.6 Å². The molecule has 0 saturated carbocycles. The Kier molecular flexibility index (Phi) is 5.16. The zero-order chi connectivity index (χ0) is 12.8. The zero-order valence-corrected chi connectivity index (χ0v) is 10.8. The highest BCUT2D eigenvalue weighted by atomic mass is 16.3. The number of carbonyl (C=O) groups excluding carboxylic acids is 1. The van der Waals surface area contributed by atoms with Crippen LogP contribution in [0, 0.1) is 6.92 Å². The van der Waals surface area contributed by atoms with Gasteiger partial charge in [0, 0.05) is 13.5 Å². The number of aliphatic hydroxyl groups is 1. The summed E-state index contributed by atoms with van der Waals surface area (Å²) in [6.07, 6.45) is 1.24. The summed E-state index contributed by atoms with van der Waals surface area (Å²) in [5, 5.41) is 8.98. The van der Waals surface area contributed by atoms with Crippen molar-refractivity contribution in [2.45, 2.75) is 32.7 Å². The van der Waals surface area contributed by atoms with Crippen molar-refractivity contribution in [3.63, 3.8) is 0 Å². The lowest BCUT2D eigenvalue weighted by Gasteiger charge is -2.23. The van der Waals surface area contributed by atoms with Gasteiger partial charge in [0.2, 0.25) is 5.91 Å². The second kappa shape index (κ2) is 6.40. The predicted molar refractivity (Wildman–Crippen MR) is 68.8 cm³/mol. The first-order valence-corrected chi connectivity index (χ1v) is 5.96. The maximum atomic E-state index is 11.8. The molecule has 1 rings (SSSR count). The average molecular weight is 235 g/mol. The van der Waals surface area contributed by atoms with Gasteiger partial charge in [-0.05, 0) is 25.8 Å². The Labute approximate surface area is 103 Å². The third kappa shape index (κ3) is 4.19. The van der Waals surface area contributed by atoms with Crippen molar-refractivity contribution >= 4 is 5.91 Å². The Hall–Kier alpha value is -1.35. The number of hydrogen-bond donors (Lipinski definition) is 1. The molecule has 3 heteroatoms. The van der Waals surface area contributed by atoms with Gasteiger partial charge in [-0.3, -0.25) is 4.79 Å². The van der Waals surface area contributed by atoms with E-state index in [4.69, 9.17) is 5.11 Å². The van der Waals surface area contributed by atoms with E-state index >= 15 is 0 Å². The van der Waals surface area contributed by atoms with Crippen LogP contribution in [-0.4, -0.2) is 35.6 Å². The highest BCUT2D eigenvalue weighted by molar-refractivity contribution is 5.76. The molecule has 0 heterocycles. The first kappa shape index (κ1) is 13.7. The van der Waals surface area contributed by atoms with Crippen molar-refractivity contribution in [2.24, 2.45) is 0 Å². The molecule has 1 amide bonds. The molecule has 1 N–H and O–H groups in total. The molecular formula is C14H21NO2. The molecule has 1 unspecified atom stereocenters. The van der Waals surface area contributed by atoms with Crippen LogP contribution in [0.15, 0.2) is 24.3 Å². The molecule has 1 aromatic rings. The number of amides is 1. The van der Waals surface area contributed by atoms with Gasteiger partial charge in [0.25, 0.3) is 0 Å². The van der Waals surface area contributed by atoms with Crippen molar-refractivity contribution in [1.29, 1.82) is 0 Å². The van der Waals surface area contributed by atoms with Crippen LogP contribution < -0.4 is 0 Å². The number of aryl methyl sites for hydroxylation is 2. The molecule has 0 spiro atoms. The molecule has 3 nitrogen and oxygen atoms in total. The second-order valence-electron chi connectivity index (χ2n) is 4.52. The van der Waals surface area contributed by atoms with Gasteiger partial charge in [-0.2, -0.15) is 0 Å². The number of hydrogen-bond acceptors (Lipinski definition) is 2. The van der Waals surface area contributed by atoms with E-state index in [-0.39, 0.29) is 18.6 Å². The monoisotopic (exact) mass is 235 g/mol. The molecule has 0 saturated heterocycles. The summed E-state index contributed by atoms with van der Waals surface area (Å²) in [5.41, 5.74) is 2.40. The van der Waals surface area contributed by atoms with E-state index in [0.29, 0.717) is 6.42 Å². The van der Waals surface area contributed by atoms with Gasteiger partial charge in [0.1, 0.15) is 0 Å². The summed E-state index contributed by atoms with van der Waals surface area (Å²) in [4.78, 5) is 13.4. The van der Waals surface area contributed by atoms with Crippen LogP contribution in [0.4, 0.5) is 0 Å². The number of carbonyl (C=O) groups is 1. The summed E-state index contributed by atoms with van der Waals surface area (Å²) in [6.45, 7) is 3.89. The van der Waals surface area contributed by atoms with E-state index in [1.54, 1.807) is 11.9 Å². The Morgan fingerprint density at radius 1 is 1.35 bits per heavy atom. The SMILES string of the molecule is Cc1ccc(CCC(=O)N(C)C(C)CO)cc1. The third-order valence-corrected chi connectivity index (χ3v) is 3.07. The molecule has 0 radical (unpaired) electrons. The fourth-order valence-electron chi connectivity index (χ4n) is 1.55. The van der Waals surface area contributed by atoms with Gasteiger partial charge in [-0.15, -0.1) is 0 Å². The summed E-state index contributed by atoms with van der Waals surface area (Å²) in [6, 6.07) is 8.11. The lowest BCUT2D eigenvalue weighted by atomic mass is 10.1. The van der Waals surface area contributed by atoms with Gasteiger partial charge >= 0.3 is 0 Å². The molecule has 0 aliphatic carbocycles. The molecule has 1 aromatic carbocycles. The van der Waals surface area contributed by atoms with Crippen LogP contribution in [-0.2, 0) is 11.2 Å².